The molecule has 0 aliphatic heterocycles. The molecule has 2 heterocycles. The van der Waals surface area contributed by atoms with Gasteiger partial charge in [0.05, 0.1) is 5.69 Å². The van der Waals surface area contributed by atoms with E-state index < -0.39 is 0 Å². The molecule has 0 N–H and O–H groups in total. The van der Waals surface area contributed by atoms with Gasteiger partial charge in [0.15, 0.2) is 0 Å². The number of anilines is 1. The lowest BCUT2D eigenvalue weighted by Gasteiger charge is -2.25. The van der Waals surface area contributed by atoms with Crippen molar-refractivity contribution < 1.29 is 4.79 Å². The maximum Gasteiger partial charge on any atom is 0.228 e. The van der Waals surface area contributed by atoms with Crippen molar-refractivity contribution in [2.75, 3.05) is 11.4 Å². The van der Waals surface area contributed by atoms with Crippen LogP contribution in [0.4, 0.5) is 5.00 Å². The number of carbonyl (C=O) groups is 1. The lowest BCUT2D eigenvalue weighted by Crippen LogP contribution is -2.33. The van der Waals surface area contributed by atoms with Crippen molar-refractivity contribution in [1.29, 1.82) is 0 Å². The molecule has 0 fully saturated rings. The summed E-state index contributed by atoms with van der Waals surface area (Å²) in [6, 6.07) is 3.89. The Balaban J connectivity index is 2.36. The molecule has 0 aliphatic rings. The van der Waals surface area contributed by atoms with E-state index in [1.807, 2.05) is 43.0 Å². The second kappa shape index (κ2) is 7.71. The Hall–Kier alpha value is -2.01. The first-order valence-corrected chi connectivity index (χ1v) is 8.93. The van der Waals surface area contributed by atoms with Crippen molar-refractivity contribution >= 4 is 22.2 Å². The van der Waals surface area contributed by atoms with Crippen molar-refractivity contribution in [3.05, 3.63) is 42.4 Å². The Morgan fingerprint density at radius 2 is 2.12 bits per heavy atom. The van der Waals surface area contributed by atoms with E-state index in [0.717, 1.165) is 21.3 Å². The Bertz CT molecular complexity index is 714. The highest BCUT2D eigenvalue weighted by molar-refractivity contribution is 7.19. The molecular weight excluding hydrogens is 318 g/mol. The van der Waals surface area contributed by atoms with Crippen LogP contribution in [-0.2, 0) is 4.79 Å². The monoisotopic (exact) mass is 343 g/mol. The number of pyridine rings is 1. The van der Waals surface area contributed by atoms with Crippen molar-refractivity contribution in [3.63, 3.8) is 0 Å². The molecule has 0 aliphatic carbocycles. The molecule has 5 heteroatoms. The van der Waals surface area contributed by atoms with Gasteiger partial charge in [-0.1, -0.05) is 44.3 Å². The largest absolute Gasteiger partial charge is 0.298 e. The highest BCUT2D eigenvalue weighted by Crippen LogP contribution is 2.35. The van der Waals surface area contributed by atoms with Gasteiger partial charge in [0.25, 0.3) is 0 Å². The average molecular weight is 343 g/mol. The molecule has 0 aromatic carbocycles. The summed E-state index contributed by atoms with van der Waals surface area (Å²) in [6.07, 6.45) is 8.02. The molecule has 0 radical (unpaired) electrons. The smallest absolute Gasteiger partial charge is 0.228 e. The van der Waals surface area contributed by atoms with E-state index in [1.54, 1.807) is 23.7 Å². The third-order valence-corrected chi connectivity index (χ3v) is 4.66. The lowest BCUT2D eigenvalue weighted by molar-refractivity contribution is -0.120. The maximum absolute atomic E-state index is 12.8. The maximum atomic E-state index is 12.8. The molecule has 2 aromatic rings. The lowest BCUT2D eigenvalue weighted by atomic mass is 9.91. The molecule has 2 aromatic heterocycles. The predicted molar refractivity (Wildman–Crippen MR) is 101 cm³/mol. The van der Waals surface area contributed by atoms with Crippen LogP contribution in [0.5, 0.6) is 0 Å². The summed E-state index contributed by atoms with van der Waals surface area (Å²) in [7, 11) is 0. The summed E-state index contributed by atoms with van der Waals surface area (Å²) in [6.45, 7) is 10.7. The number of aryl methyl sites for hydroxylation is 1. The minimum atomic E-state index is -0.0456. The molecule has 24 heavy (non-hydrogen) atoms. The Morgan fingerprint density at radius 3 is 2.71 bits per heavy atom. The first kappa shape index (κ1) is 18.3. The third-order valence-electron chi connectivity index (χ3n) is 3.43. The quantitative estimate of drug-likeness (QED) is 0.728. The number of rotatable bonds is 5. The highest BCUT2D eigenvalue weighted by atomic mass is 32.1. The molecular formula is C19H25N3OS. The first-order valence-electron chi connectivity index (χ1n) is 8.11. The van der Waals surface area contributed by atoms with Gasteiger partial charge in [-0.05, 0) is 31.4 Å². The Labute approximate surface area is 148 Å². The average Bonchev–Trinajstić information content (AvgIpc) is 2.89. The third kappa shape index (κ3) is 4.74. The zero-order chi connectivity index (χ0) is 17.7. The standard InChI is InChI=1S/C19H25N3OS/c1-6-7-11-22(16(23)12-19(3,4)5)18-14(2)21-17(24-18)15-9-8-10-20-13-15/h6-10,13H,11-12H2,1-5H3/b7-6+. The van der Waals surface area contributed by atoms with Gasteiger partial charge in [-0.3, -0.25) is 14.7 Å². The van der Waals surface area contributed by atoms with Crippen molar-refractivity contribution in [2.45, 2.75) is 41.0 Å². The zero-order valence-electron chi connectivity index (χ0n) is 15.0. The van der Waals surface area contributed by atoms with Crippen LogP contribution in [0.25, 0.3) is 10.6 Å². The van der Waals surface area contributed by atoms with Gasteiger partial charge in [0.1, 0.15) is 10.0 Å². The molecule has 4 nitrogen and oxygen atoms in total. The zero-order valence-corrected chi connectivity index (χ0v) is 15.9. The molecule has 0 atom stereocenters. The highest BCUT2D eigenvalue weighted by Gasteiger charge is 2.25. The summed E-state index contributed by atoms with van der Waals surface area (Å²) in [5.74, 6) is 0.130. The summed E-state index contributed by atoms with van der Waals surface area (Å²) in [5, 5.41) is 1.81. The van der Waals surface area contributed by atoms with E-state index in [0.29, 0.717) is 13.0 Å². The number of thiazole rings is 1. The van der Waals surface area contributed by atoms with E-state index in [9.17, 15) is 4.79 Å². The minimum Gasteiger partial charge on any atom is -0.298 e. The van der Waals surface area contributed by atoms with Crippen LogP contribution in [-0.4, -0.2) is 22.4 Å². The number of amides is 1. The second-order valence-electron chi connectivity index (χ2n) is 6.96. The number of nitrogens with zero attached hydrogens (tertiary/aromatic N) is 3. The SMILES string of the molecule is C/C=C/CN(C(=O)CC(C)(C)C)c1sc(-c2cccnc2)nc1C. The van der Waals surface area contributed by atoms with Crippen LogP contribution in [0.15, 0.2) is 36.7 Å². The van der Waals surface area contributed by atoms with E-state index in [-0.39, 0.29) is 11.3 Å². The number of hydrogen-bond acceptors (Lipinski definition) is 4. The van der Waals surface area contributed by atoms with Gasteiger partial charge in [-0.2, -0.15) is 0 Å². The minimum absolute atomic E-state index is 0.0456. The van der Waals surface area contributed by atoms with Crippen LogP contribution in [0.1, 0.15) is 39.8 Å². The van der Waals surface area contributed by atoms with Crippen molar-refractivity contribution in [2.24, 2.45) is 5.41 Å². The van der Waals surface area contributed by atoms with Crippen molar-refractivity contribution in [1.82, 2.24) is 9.97 Å². The van der Waals surface area contributed by atoms with Crippen LogP contribution in [0.3, 0.4) is 0 Å². The van der Waals surface area contributed by atoms with Crippen LogP contribution in [0.2, 0.25) is 0 Å². The topological polar surface area (TPSA) is 46.1 Å². The Kier molecular flexibility index (Phi) is 5.89. The molecule has 128 valence electrons. The first-order chi connectivity index (χ1) is 11.3. The normalized spacial score (nSPS) is 11.9. The molecule has 0 saturated heterocycles. The summed E-state index contributed by atoms with van der Waals surface area (Å²) < 4.78 is 0. The molecule has 0 bridgehead atoms. The second-order valence-corrected chi connectivity index (χ2v) is 7.94. The number of allylic oxidation sites excluding steroid dienone is 1. The fourth-order valence-electron chi connectivity index (χ4n) is 2.31. The van der Waals surface area contributed by atoms with Crippen LogP contribution in [0, 0.1) is 12.3 Å². The van der Waals surface area contributed by atoms with Crippen LogP contribution >= 0.6 is 11.3 Å². The number of aromatic nitrogens is 2. The van der Waals surface area contributed by atoms with E-state index >= 15 is 0 Å². The van der Waals surface area contributed by atoms with Gasteiger partial charge in [0.2, 0.25) is 5.91 Å². The Morgan fingerprint density at radius 1 is 1.38 bits per heavy atom. The summed E-state index contributed by atoms with van der Waals surface area (Å²) >= 11 is 1.55. The van der Waals surface area contributed by atoms with Gasteiger partial charge in [0, 0.05) is 30.9 Å². The molecule has 2 rings (SSSR count). The summed E-state index contributed by atoms with van der Waals surface area (Å²) in [4.78, 5) is 23.5. The molecule has 0 spiro atoms. The van der Waals surface area contributed by atoms with Gasteiger partial charge < -0.3 is 0 Å². The molecule has 1 amide bonds. The van der Waals surface area contributed by atoms with Gasteiger partial charge in [-0.25, -0.2) is 4.98 Å². The number of hydrogen-bond donors (Lipinski definition) is 0. The van der Waals surface area contributed by atoms with Gasteiger partial charge in [-0.15, -0.1) is 0 Å². The predicted octanol–water partition coefficient (Wildman–Crippen LogP) is 4.86. The van der Waals surface area contributed by atoms with Crippen LogP contribution < -0.4 is 4.90 Å². The molecule has 0 unspecified atom stereocenters. The van der Waals surface area contributed by atoms with E-state index in [4.69, 9.17) is 0 Å². The van der Waals surface area contributed by atoms with Gasteiger partial charge >= 0.3 is 0 Å². The fraction of sp³-hybridized carbons (Fsp3) is 0.421. The fourth-order valence-corrected chi connectivity index (χ4v) is 3.39. The van der Waals surface area contributed by atoms with Crippen molar-refractivity contribution in [3.8, 4) is 10.6 Å². The molecule has 0 saturated carbocycles. The number of carbonyl (C=O) groups excluding carboxylic acids is 1. The van der Waals surface area contributed by atoms with E-state index in [2.05, 4.69) is 30.7 Å². The summed E-state index contributed by atoms with van der Waals surface area (Å²) in [5.41, 5.74) is 1.81. The van der Waals surface area contributed by atoms with E-state index in [1.165, 1.54) is 0 Å².